The number of benzene rings is 1. The molecule has 0 aliphatic carbocycles. The van der Waals surface area contributed by atoms with Crippen molar-refractivity contribution in [2.45, 2.75) is 31.8 Å². The highest BCUT2D eigenvalue weighted by molar-refractivity contribution is 5.31. The third-order valence-corrected chi connectivity index (χ3v) is 3.30. The lowest BCUT2D eigenvalue weighted by molar-refractivity contribution is -0.139. The van der Waals surface area contributed by atoms with Crippen LogP contribution in [0.25, 0.3) is 0 Å². The van der Waals surface area contributed by atoms with Gasteiger partial charge in [0.05, 0.1) is 18.2 Å². The van der Waals surface area contributed by atoms with Gasteiger partial charge in [-0.05, 0) is 24.6 Å². The first-order valence-electron chi connectivity index (χ1n) is 6.93. The molecule has 0 radical (unpaired) electrons. The lowest BCUT2D eigenvalue weighted by atomic mass is 10.0. The van der Waals surface area contributed by atoms with Crippen LogP contribution in [-0.4, -0.2) is 27.5 Å². The maximum absolute atomic E-state index is 12.9. The Morgan fingerprint density at radius 1 is 1.27 bits per heavy atom. The van der Waals surface area contributed by atoms with E-state index >= 15 is 0 Å². The highest BCUT2D eigenvalue weighted by Crippen LogP contribution is 2.34. The third-order valence-electron chi connectivity index (χ3n) is 3.30. The summed E-state index contributed by atoms with van der Waals surface area (Å²) in [6.07, 6.45) is -2.25. The van der Waals surface area contributed by atoms with Gasteiger partial charge in [0.2, 0.25) is 0 Å². The van der Waals surface area contributed by atoms with Crippen molar-refractivity contribution in [3.05, 3.63) is 53.9 Å². The molecule has 1 aromatic carbocycles. The minimum Gasteiger partial charge on any atom is -0.387 e. The van der Waals surface area contributed by atoms with Crippen LogP contribution in [0.2, 0.25) is 0 Å². The van der Waals surface area contributed by atoms with Crippen LogP contribution >= 0.6 is 0 Å². The molecular weight excluding hydrogens is 295 g/mol. The molecule has 7 heteroatoms. The number of aromatic nitrogens is 2. The van der Waals surface area contributed by atoms with Crippen LogP contribution < -0.4 is 5.32 Å². The zero-order chi connectivity index (χ0) is 16.2. The highest BCUT2D eigenvalue weighted by Gasteiger charge is 2.34. The Morgan fingerprint density at radius 3 is 2.64 bits per heavy atom. The second-order valence-electron chi connectivity index (χ2n) is 5.14. The van der Waals surface area contributed by atoms with E-state index in [1.807, 2.05) is 6.92 Å². The van der Waals surface area contributed by atoms with Crippen molar-refractivity contribution < 1.29 is 18.3 Å². The Kier molecular flexibility index (Phi) is 5.20. The van der Waals surface area contributed by atoms with E-state index in [9.17, 15) is 18.3 Å². The number of nitrogens with one attached hydrogen (secondary N) is 1. The first-order chi connectivity index (χ1) is 10.4. The van der Waals surface area contributed by atoms with Crippen LogP contribution in [0.1, 0.15) is 24.2 Å². The number of rotatable bonds is 6. The number of aliphatic hydroxyl groups is 1. The van der Waals surface area contributed by atoms with Gasteiger partial charge in [0.1, 0.15) is 0 Å². The van der Waals surface area contributed by atoms with Gasteiger partial charge in [0.15, 0.2) is 0 Å². The first kappa shape index (κ1) is 16.5. The summed E-state index contributed by atoms with van der Waals surface area (Å²) in [5, 5.41) is 17.1. The van der Waals surface area contributed by atoms with Crippen LogP contribution in [0.4, 0.5) is 13.2 Å². The van der Waals surface area contributed by atoms with Crippen molar-refractivity contribution in [3.63, 3.8) is 0 Å². The monoisotopic (exact) mass is 313 g/mol. The molecule has 22 heavy (non-hydrogen) atoms. The summed E-state index contributed by atoms with van der Waals surface area (Å²) in [7, 11) is 0. The molecule has 2 N–H and O–H groups in total. The molecule has 0 saturated carbocycles. The van der Waals surface area contributed by atoms with Gasteiger partial charge in [-0.1, -0.05) is 18.2 Å². The summed E-state index contributed by atoms with van der Waals surface area (Å²) in [5.74, 6) is 0. The number of aliphatic hydroxyl groups excluding tert-OH is 1. The Morgan fingerprint density at radius 2 is 2.00 bits per heavy atom. The molecule has 0 aliphatic rings. The molecule has 0 fully saturated rings. The van der Waals surface area contributed by atoms with Gasteiger partial charge < -0.3 is 10.4 Å². The molecule has 0 amide bonds. The fraction of sp³-hybridized carbons (Fsp3) is 0.400. The summed E-state index contributed by atoms with van der Waals surface area (Å²) in [6.45, 7) is 2.49. The zero-order valence-corrected chi connectivity index (χ0v) is 12.1. The summed E-state index contributed by atoms with van der Waals surface area (Å²) in [6, 6.07) is 6.83. The van der Waals surface area contributed by atoms with Crippen molar-refractivity contribution in [2.75, 3.05) is 6.54 Å². The standard InChI is InChI=1S/C15H18F3N3O/c1-11(10-21-8-4-7-20-21)19-9-14(22)12-5-2-3-6-13(12)15(16,17)18/h2-8,11,14,19,22H,9-10H2,1H3/t11-,14+/m0/s1. The van der Waals surface area contributed by atoms with E-state index < -0.39 is 17.8 Å². The fourth-order valence-corrected chi connectivity index (χ4v) is 2.22. The van der Waals surface area contributed by atoms with Gasteiger partial charge in [0.25, 0.3) is 0 Å². The summed E-state index contributed by atoms with van der Waals surface area (Å²) in [4.78, 5) is 0. The van der Waals surface area contributed by atoms with Gasteiger partial charge in [-0.15, -0.1) is 0 Å². The van der Waals surface area contributed by atoms with E-state index in [0.29, 0.717) is 6.54 Å². The largest absolute Gasteiger partial charge is 0.416 e. The predicted molar refractivity (Wildman–Crippen MR) is 76.1 cm³/mol. The van der Waals surface area contributed by atoms with E-state index in [2.05, 4.69) is 10.4 Å². The predicted octanol–water partition coefficient (Wildman–Crippen LogP) is 2.61. The number of hydrogen-bond donors (Lipinski definition) is 2. The van der Waals surface area contributed by atoms with E-state index in [0.717, 1.165) is 6.07 Å². The first-order valence-corrected chi connectivity index (χ1v) is 6.93. The molecule has 2 aromatic rings. The van der Waals surface area contributed by atoms with Crippen LogP contribution in [0.5, 0.6) is 0 Å². The Labute approximate surface area is 126 Å². The number of hydrogen-bond acceptors (Lipinski definition) is 3. The van der Waals surface area contributed by atoms with Crippen molar-refractivity contribution in [1.29, 1.82) is 0 Å². The summed E-state index contributed by atoms with van der Waals surface area (Å²) < 4.78 is 40.5. The normalized spacial score (nSPS) is 14.8. The maximum atomic E-state index is 12.9. The maximum Gasteiger partial charge on any atom is 0.416 e. The van der Waals surface area contributed by atoms with Gasteiger partial charge in [0, 0.05) is 25.0 Å². The molecule has 1 aromatic heterocycles. The Hall–Kier alpha value is -1.86. The summed E-state index contributed by atoms with van der Waals surface area (Å²) in [5.41, 5.74) is -0.919. The smallest absolute Gasteiger partial charge is 0.387 e. The molecule has 2 atom stereocenters. The van der Waals surface area contributed by atoms with Crippen LogP contribution in [0, 0.1) is 0 Å². The van der Waals surface area contributed by atoms with Gasteiger partial charge in [-0.2, -0.15) is 18.3 Å². The lowest BCUT2D eigenvalue weighted by Crippen LogP contribution is -2.34. The van der Waals surface area contributed by atoms with Crippen molar-refractivity contribution in [3.8, 4) is 0 Å². The van der Waals surface area contributed by atoms with Gasteiger partial charge >= 0.3 is 6.18 Å². The van der Waals surface area contributed by atoms with E-state index in [1.165, 1.54) is 18.2 Å². The fourth-order valence-electron chi connectivity index (χ4n) is 2.22. The molecule has 1 heterocycles. The molecule has 4 nitrogen and oxygen atoms in total. The van der Waals surface area contributed by atoms with Crippen LogP contribution in [0.15, 0.2) is 42.7 Å². The second-order valence-corrected chi connectivity index (χ2v) is 5.14. The number of halogens is 3. The SMILES string of the molecule is C[C@@H](Cn1cccn1)NC[C@@H](O)c1ccccc1C(F)(F)F. The molecule has 2 rings (SSSR count). The third kappa shape index (κ3) is 4.32. The zero-order valence-electron chi connectivity index (χ0n) is 12.1. The molecule has 0 aliphatic heterocycles. The quantitative estimate of drug-likeness (QED) is 0.862. The van der Waals surface area contributed by atoms with Gasteiger partial charge in [-0.25, -0.2) is 0 Å². The van der Waals surface area contributed by atoms with Crippen LogP contribution in [-0.2, 0) is 12.7 Å². The lowest BCUT2D eigenvalue weighted by Gasteiger charge is -2.20. The summed E-state index contributed by atoms with van der Waals surface area (Å²) >= 11 is 0. The number of alkyl halides is 3. The average Bonchev–Trinajstić information content (AvgIpc) is 2.96. The number of nitrogens with zero attached hydrogens (tertiary/aromatic N) is 2. The van der Waals surface area contributed by atoms with Crippen molar-refractivity contribution in [1.82, 2.24) is 15.1 Å². The second kappa shape index (κ2) is 6.93. The van der Waals surface area contributed by atoms with Crippen LogP contribution in [0.3, 0.4) is 0 Å². The minimum atomic E-state index is -4.47. The van der Waals surface area contributed by atoms with Crippen molar-refractivity contribution in [2.24, 2.45) is 0 Å². The molecule has 0 bridgehead atoms. The van der Waals surface area contributed by atoms with Crippen molar-refractivity contribution >= 4 is 0 Å². The average molecular weight is 313 g/mol. The van der Waals surface area contributed by atoms with E-state index in [-0.39, 0.29) is 18.2 Å². The molecule has 0 unspecified atom stereocenters. The molecule has 0 spiro atoms. The molecule has 120 valence electrons. The van der Waals surface area contributed by atoms with E-state index in [4.69, 9.17) is 0 Å². The molecular formula is C15H18F3N3O. The Bertz CT molecular complexity index is 584. The van der Waals surface area contributed by atoms with Gasteiger partial charge in [-0.3, -0.25) is 4.68 Å². The highest BCUT2D eigenvalue weighted by atomic mass is 19.4. The minimum absolute atomic E-state index is 0.0346. The Balaban J connectivity index is 1.96. The molecule has 0 saturated heterocycles. The topological polar surface area (TPSA) is 50.1 Å². The van der Waals surface area contributed by atoms with E-state index in [1.54, 1.807) is 23.1 Å².